The van der Waals surface area contributed by atoms with Gasteiger partial charge in [0.15, 0.2) is 5.78 Å². The van der Waals surface area contributed by atoms with E-state index in [0.29, 0.717) is 30.8 Å². The number of ketones is 1. The fraction of sp³-hybridized carbons (Fsp3) is 0.278. The molecule has 1 aliphatic rings. The molecule has 6 heteroatoms. The van der Waals surface area contributed by atoms with Crippen LogP contribution >= 0.6 is 0 Å². The minimum absolute atomic E-state index is 0.0836. The van der Waals surface area contributed by atoms with E-state index in [1.807, 2.05) is 6.07 Å². The summed E-state index contributed by atoms with van der Waals surface area (Å²) < 4.78 is 1.66. The molecule has 3 rings (SSSR count). The highest BCUT2D eigenvalue weighted by atomic mass is 16.4. The van der Waals surface area contributed by atoms with Crippen LogP contribution in [0.25, 0.3) is 0 Å². The first-order chi connectivity index (χ1) is 11.4. The van der Waals surface area contributed by atoms with Crippen molar-refractivity contribution in [3.63, 3.8) is 0 Å². The highest BCUT2D eigenvalue weighted by molar-refractivity contribution is 5.99. The summed E-state index contributed by atoms with van der Waals surface area (Å²) in [6.07, 6.45) is 2.33. The standard InChI is InChI=1S/C18H18N2O4/c1-11(21)14-8-16(19(2)9-14)17(22)20-6-5-12-3-4-13(18(23)24)7-15(12)10-20/h3-4,7-9H,5-6,10H2,1-2H3,(H,23,24). The number of aromatic carboxylic acids is 1. The van der Waals surface area contributed by atoms with Gasteiger partial charge in [0.05, 0.1) is 5.56 Å². The van der Waals surface area contributed by atoms with Crippen LogP contribution < -0.4 is 0 Å². The number of hydrogen-bond donors (Lipinski definition) is 1. The number of carbonyl (C=O) groups excluding carboxylic acids is 2. The second-order valence-corrected chi connectivity index (χ2v) is 6.05. The van der Waals surface area contributed by atoms with E-state index >= 15 is 0 Å². The van der Waals surface area contributed by atoms with Crippen LogP contribution in [-0.2, 0) is 20.0 Å². The first-order valence-corrected chi connectivity index (χ1v) is 7.68. The molecule has 1 aromatic heterocycles. The van der Waals surface area contributed by atoms with Crippen LogP contribution in [0.3, 0.4) is 0 Å². The van der Waals surface area contributed by atoms with Gasteiger partial charge in [0.1, 0.15) is 5.69 Å². The zero-order chi connectivity index (χ0) is 17.4. The molecule has 0 fully saturated rings. The van der Waals surface area contributed by atoms with Gasteiger partial charge in [-0.1, -0.05) is 6.07 Å². The van der Waals surface area contributed by atoms with Gasteiger partial charge in [0.2, 0.25) is 0 Å². The van der Waals surface area contributed by atoms with E-state index < -0.39 is 5.97 Å². The summed E-state index contributed by atoms with van der Waals surface area (Å²) in [5, 5.41) is 9.11. The number of carboxylic acids is 1. The number of nitrogens with zero attached hydrogens (tertiary/aromatic N) is 2. The van der Waals surface area contributed by atoms with E-state index in [-0.39, 0.29) is 17.3 Å². The topological polar surface area (TPSA) is 79.6 Å². The number of carboxylic acid groups (broad SMARTS) is 1. The zero-order valence-electron chi connectivity index (χ0n) is 13.6. The Labute approximate surface area is 139 Å². The second-order valence-electron chi connectivity index (χ2n) is 6.05. The SMILES string of the molecule is CC(=O)c1cc(C(=O)N2CCc3ccc(C(=O)O)cc3C2)n(C)c1. The smallest absolute Gasteiger partial charge is 0.335 e. The Balaban J connectivity index is 1.87. The summed E-state index contributed by atoms with van der Waals surface area (Å²) in [5.41, 5.74) is 3.11. The lowest BCUT2D eigenvalue weighted by molar-refractivity contribution is 0.0696. The van der Waals surface area contributed by atoms with Crippen LogP contribution in [0.4, 0.5) is 0 Å². The average Bonchev–Trinajstić information content (AvgIpc) is 2.95. The molecule has 1 N–H and O–H groups in total. The molecule has 1 amide bonds. The molecule has 0 unspecified atom stereocenters. The van der Waals surface area contributed by atoms with Crippen molar-refractivity contribution in [2.24, 2.45) is 7.05 Å². The molecule has 0 radical (unpaired) electrons. The van der Waals surface area contributed by atoms with Crippen molar-refractivity contribution in [1.82, 2.24) is 9.47 Å². The lowest BCUT2D eigenvalue weighted by Crippen LogP contribution is -2.36. The molecule has 1 aliphatic heterocycles. The molecule has 1 aromatic carbocycles. The molecule has 0 aliphatic carbocycles. The van der Waals surface area contributed by atoms with Gasteiger partial charge in [0, 0.05) is 31.9 Å². The normalized spacial score (nSPS) is 13.5. The number of aromatic nitrogens is 1. The Hall–Kier alpha value is -2.89. The van der Waals surface area contributed by atoms with Gasteiger partial charge in [-0.25, -0.2) is 4.79 Å². The number of benzene rings is 1. The molecule has 0 bridgehead atoms. The van der Waals surface area contributed by atoms with E-state index in [2.05, 4.69) is 0 Å². The average molecular weight is 326 g/mol. The van der Waals surface area contributed by atoms with Crippen molar-refractivity contribution in [3.8, 4) is 0 Å². The molecule has 124 valence electrons. The van der Waals surface area contributed by atoms with Gasteiger partial charge in [-0.05, 0) is 42.7 Å². The van der Waals surface area contributed by atoms with Crippen molar-refractivity contribution >= 4 is 17.7 Å². The number of amides is 1. The Morgan fingerprint density at radius 3 is 2.46 bits per heavy atom. The highest BCUT2D eigenvalue weighted by Gasteiger charge is 2.25. The maximum absolute atomic E-state index is 12.8. The number of fused-ring (bicyclic) bond motifs is 1. The fourth-order valence-electron chi connectivity index (χ4n) is 3.00. The van der Waals surface area contributed by atoms with Crippen LogP contribution in [0.5, 0.6) is 0 Å². The van der Waals surface area contributed by atoms with Crippen molar-refractivity contribution in [2.75, 3.05) is 6.54 Å². The largest absolute Gasteiger partial charge is 0.478 e. The molecule has 0 saturated carbocycles. The van der Waals surface area contributed by atoms with Crippen LogP contribution in [0.1, 0.15) is 49.3 Å². The highest BCUT2D eigenvalue weighted by Crippen LogP contribution is 2.22. The molecule has 0 spiro atoms. The molecule has 0 saturated heterocycles. The minimum atomic E-state index is -0.977. The summed E-state index contributed by atoms with van der Waals surface area (Å²) in [4.78, 5) is 37.1. The van der Waals surface area contributed by atoms with Crippen LogP contribution in [0, 0.1) is 0 Å². The van der Waals surface area contributed by atoms with E-state index in [0.717, 1.165) is 11.1 Å². The second kappa shape index (κ2) is 5.96. The van der Waals surface area contributed by atoms with E-state index in [4.69, 9.17) is 5.11 Å². The molecular weight excluding hydrogens is 308 g/mol. The minimum Gasteiger partial charge on any atom is -0.478 e. The molecule has 6 nitrogen and oxygen atoms in total. The summed E-state index contributed by atoms with van der Waals surface area (Å²) in [6, 6.07) is 6.64. The molecular formula is C18H18N2O4. The quantitative estimate of drug-likeness (QED) is 0.876. The fourth-order valence-corrected chi connectivity index (χ4v) is 3.00. The van der Waals surface area contributed by atoms with Crippen LogP contribution in [0.2, 0.25) is 0 Å². The van der Waals surface area contributed by atoms with Gasteiger partial charge in [-0.2, -0.15) is 0 Å². The number of aryl methyl sites for hydroxylation is 1. The Kier molecular flexibility index (Phi) is 3.97. The predicted octanol–water partition coefficient (Wildman–Crippen LogP) is 2.12. The summed E-state index contributed by atoms with van der Waals surface area (Å²) in [7, 11) is 1.74. The summed E-state index contributed by atoms with van der Waals surface area (Å²) >= 11 is 0. The lowest BCUT2D eigenvalue weighted by atomic mass is 9.97. The first kappa shape index (κ1) is 16.0. The van der Waals surface area contributed by atoms with Gasteiger partial charge in [-0.3, -0.25) is 9.59 Å². The third-order valence-corrected chi connectivity index (χ3v) is 4.38. The molecule has 2 heterocycles. The zero-order valence-corrected chi connectivity index (χ0v) is 13.6. The molecule has 0 atom stereocenters. The third-order valence-electron chi connectivity index (χ3n) is 4.38. The maximum atomic E-state index is 12.8. The lowest BCUT2D eigenvalue weighted by Gasteiger charge is -2.29. The Morgan fingerprint density at radius 2 is 1.83 bits per heavy atom. The van der Waals surface area contributed by atoms with Gasteiger partial charge >= 0.3 is 5.97 Å². The number of Topliss-reactive ketones (excluding diaryl/α,β-unsaturated/α-hetero) is 1. The maximum Gasteiger partial charge on any atom is 0.335 e. The number of rotatable bonds is 3. The van der Waals surface area contributed by atoms with Crippen molar-refractivity contribution < 1.29 is 19.5 Å². The number of hydrogen-bond acceptors (Lipinski definition) is 3. The van der Waals surface area contributed by atoms with Crippen LogP contribution in [-0.4, -0.2) is 38.8 Å². The first-order valence-electron chi connectivity index (χ1n) is 7.68. The van der Waals surface area contributed by atoms with Gasteiger partial charge in [-0.15, -0.1) is 0 Å². The third kappa shape index (κ3) is 2.82. The Bertz CT molecular complexity index is 851. The van der Waals surface area contributed by atoms with E-state index in [1.54, 1.807) is 40.9 Å². The van der Waals surface area contributed by atoms with Crippen molar-refractivity contribution in [1.29, 1.82) is 0 Å². The monoisotopic (exact) mass is 326 g/mol. The van der Waals surface area contributed by atoms with Crippen molar-refractivity contribution in [3.05, 3.63) is 58.4 Å². The predicted molar refractivity (Wildman–Crippen MR) is 87.3 cm³/mol. The van der Waals surface area contributed by atoms with E-state index in [9.17, 15) is 14.4 Å². The van der Waals surface area contributed by atoms with Crippen LogP contribution in [0.15, 0.2) is 30.5 Å². The number of carbonyl (C=O) groups is 3. The Morgan fingerprint density at radius 1 is 1.08 bits per heavy atom. The summed E-state index contributed by atoms with van der Waals surface area (Å²) in [6.45, 7) is 2.41. The molecule has 24 heavy (non-hydrogen) atoms. The summed E-state index contributed by atoms with van der Waals surface area (Å²) in [5.74, 6) is -1.22. The van der Waals surface area contributed by atoms with Gasteiger partial charge < -0.3 is 14.6 Å². The van der Waals surface area contributed by atoms with E-state index in [1.165, 1.54) is 6.92 Å². The van der Waals surface area contributed by atoms with Gasteiger partial charge in [0.25, 0.3) is 5.91 Å². The van der Waals surface area contributed by atoms with Crippen molar-refractivity contribution in [2.45, 2.75) is 19.9 Å². The molecule has 2 aromatic rings.